The van der Waals surface area contributed by atoms with Crippen LogP contribution >= 0.6 is 22.9 Å². The second kappa shape index (κ2) is 6.36. The molecule has 0 saturated carbocycles. The van der Waals surface area contributed by atoms with Gasteiger partial charge in [-0.3, -0.25) is 0 Å². The Morgan fingerprint density at radius 1 is 1.43 bits per heavy atom. The van der Waals surface area contributed by atoms with Crippen LogP contribution in [0, 0.1) is 0 Å². The molecule has 14 heavy (non-hydrogen) atoms. The van der Waals surface area contributed by atoms with Crippen LogP contribution in [0.2, 0.25) is 0 Å². The van der Waals surface area contributed by atoms with Gasteiger partial charge in [0.1, 0.15) is 10.0 Å². The van der Waals surface area contributed by atoms with Gasteiger partial charge in [-0.05, 0) is 12.8 Å². The van der Waals surface area contributed by atoms with Crippen LogP contribution in [-0.4, -0.2) is 16.1 Å². The van der Waals surface area contributed by atoms with Crippen molar-refractivity contribution in [3.05, 3.63) is 10.0 Å². The van der Waals surface area contributed by atoms with Crippen LogP contribution in [0.4, 0.5) is 0 Å². The third kappa shape index (κ3) is 3.54. The van der Waals surface area contributed by atoms with E-state index in [9.17, 15) is 0 Å². The lowest BCUT2D eigenvalue weighted by Gasteiger charge is -2.02. The van der Waals surface area contributed by atoms with Crippen molar-refractivity contribution < 1.29 is 0 Å². The van der Waals surface area contributed by atoms with E-state index in [0.717, 1.165) is 17.8 Å². The van der Waals surface area contributed by atoms with Crippen molar-refractivity contribution in [2.24, 2.45) is 0 Å². The fourth-order valence-electron chi connectivity index (χ4n) is 1.34. The van der Waals surface area contributed by atoms with Crippen molar-refractivity contribution in [1.82, 2.24) is 10.2 Å². The monoisotopic (exact) mass is 232 g/mol. The van der Waals surface area contributed by atoms with E-state index in [1.54, 1.807) is 11.3 Å². The number of hydrogen-bond acceptors (Lipinski definition) is 3. The molecule has 1 rings (SSSR count). The number of halogens is 1. The zero-order valence-corrected chi connectivity index (χ0v) is 10.4. The molecule has 1 atom stereocenters. The van der Waals surface area contributed by atoms with Crippen LogP contribution in [0.3, 0.4) is 0 Å². The molecule has 80 valence electrons. The molecule has 0 aliphatic heterocycles. The maximum Gasteiger partial charge on any atom is 0.120 e. The van der Waals surface area contributed by atoms with Crippen molar-refractivity contribution in [2.45, 2.75) is 45.4 Å². The summed E-state index contributed by atoms with van der Waals surface area (Å²) in [5.41, 5.74) is 0. The summed E-state index contributed by atoms with van der Waals surface area (Å²) < 4.78 is 0. The van der Waals surface area contributed by atoms with Gasteiger partial charge in [0.25, 0.3) is 0 Å². The molecule has 1 unspecified atom stereocenters. The molecular weight excluding hydrogens is 216 g/mol. The third-order valence-electron chi connectivity index (χ3n) is 2.15. The van der Waals surface area contributed by atoms with Crippen LogP contribution in [0.15, 0.2) is 0 Å². The Balaban J connectivity index is 2.49. The standard InChI is InChI=1S/C10H17ClN2S/c1-3-5-8(2)10-13-12-9(14-10)6-4-7-11/h8H,3-7H2,1-2H3. The first-order chi connectivity index (χ1) is 6.77. The van der Waals surface area contributed by atoms with Crippen molar-refractivity contribution >= 4 is 22.9 Å². The summed E-state index contributed by atoms with van der Waals surface area (Å²) in [6.07, 6.45) is 4.38. The third-order valence-corrected chi connectivity index (χ3v) is 3.63. The van der Waals surface area contributed by atoms with E-state index in [-0.39, 0.29) is 0 Å². The van der Waals surface area contributed by atoms with E-state index in [4.69, 9.17) is 11.6 Å². The van der Waals surface area contributed by atoms with Gasteiger partial charge < -0.3 is 0 Å². The molecule has 4 heteroatoms. The number of nitrogens with zero attached hydrogens (tertiary/aromatic N) is 2. The number of aryl methyl sites for hydroxylation is 1. The Morgan fingerprint density at radius 3 is 2.86 bits per heavy atom. The Morgan fingerprint density at radius 2 is 2.21 bits per heavy atom. The first-order valence-corrected chi connectivity index (χ1v) is 6.51. The van der Waals surface area contributed by atoms with Gasteiger partial charge in [-0.1, -0.05) is 20.3 Å². The lowest BCUT2D eigenvalue weighted by molar-refractivity contribution is 0.653. The highest BCUT2D eigenvalue weighted by Gasteiger charge is 2.10. The number of rotatable bonds is 6. The summed E-state index contributed by atoms with van der Waals surface area (Å²) >= 11 is 7.37. The summed E-state index contributed by atoms with van der Waals surface area (Å²) in [6.45, 7) is 4.42. The van der Waals surface area contributed by atoms with Crippen molar-refractivity contribution in [1.29, 1.82) is 0 Å². The quantitative estimate of drug-likeness (QED) is 0.701. The minimum atomic E-state index is 0.558. The van der Waals surface area contributed by atoms with Crippen molar-refractivity contribution in [2.75, 3.05) is 5.88 Å². The molecule has 0 N–H and O–H groups in total. The summed E-state index contributed by atoms with van der Waals surface area (Å²) in [5, 5.41) is 10.7. The molecule has 2 nitrogen and oxygen atoms in total. The van der Waals surface area contributed by atoms with E-state index in [2.05, 4.69) is 24.0 Å². The Labute approximate surface area is 94.7 Å². The van der Waals surface area contributed by atoms with E-state index in [1.165, 1.54) is 17.8 Å². The number of hydrogen-bond donors (Lipinski definition) is 0. The number of alkyl halides is 1. The minimum Gasteiger partial charge on any atom is -0.144 e. The lowest BCUT2D eigenvalue weighted by Crippen LogP contribution is -1.91. The zero-order chi connectivity index (χ0) is 10.4. The van der Waals surface area contributed by atoms with Gasteiger partial charge in [0.15, 0.2) is 0 Å². The van der Waals surface area contributed by atoms with Gasteiger partial charge in [0.2, 0.25) is 0 Å². The predicted molar refractivity (Wildman–Crippen MR) is 62.3 cm³/mol. The lowest BCUT2D eigenvalue weighted by atomic mass is 10.1. The van der Waals surface area contributed by atoms with Gasteiger partial charge >= 0.3 is 0 Å². The van der Waals surface area contributed by atoms with Crippen LogP contribution in [0.1, 0.15) is 49.0 Å². The summed E-state index contributed by atoms with van der Waals surface area (Å²) in [5.74, 6) is 1.27. The molecule has 0 saturated heterocycles. The van der Waals surface area contributed by atoms with Crippen LogP contribution in [0.25, 0.3) is 0 Å². The smallest absolute Gasteiger partial charge is 0.120 e. The normalized spacial score (nSPS) is 13.1. The van der Waals surface area contributed by atoms with Crippen molar-refractivity contribution in [3.8, 4) is 0 Å². The van der Waals surface area contributed by atoms with Crippen molar-refractivity contribution in [3.63, 3.8) is 0 Å². The molecular formula is C10H17ClN2S. The Kier molecular flexibility index (Phi) is 5.41. The van der Waals surface area contributed by atoms with Gasteiger partial charge in [-0.2, -0.15) is 0 Å². The van der Waals surface area contributed by atoms with Gasteiger partial charge in [0.05, 0.1) is 0 Å². The molecule has 0 fully saturated rings. The zero-order valence-electron chi connectivity index (χ0n) is 8.79. The number of aromatic nitrogens is 2. The van der Waals surface area contributed by atoms with E-state index in [0.29, 0.717) is 11.8 Å². The molecule has 0 radical (unpaired) electrons. The Hall–Kier alpha value is -0.150. The summed E-state index contributed by atoms with van der Waals surface area (Å²) in [6, 6.07) is 0. The fourth-order valence-corrected chi connectivity index (χ4v) is 2.45. The van der Waals surface area contributed by atoms with Crippen LogP contribution in [-0.2, 0) is 6.42 Å². The topological polar surface area (TPSA) is 25.8 Å². The molecule has 0 amide bonds. The molecule has 1 heterocycles. The van der Waals surface area contributed by atoms with E-state index >= 15 is 0 Å². The molecule has 0 spiro atoms. The predicted octanol–water partition coefficient (Wildman–Crippen LogP) is 3.61. The SMILES string of the molecule is CCCC(C)c1nnc(CCCCl)s1. The Bertz CT molecular complexity index is 262. The van der Waals surface area contributed by atoms with Gasteiger partial charge in [-0.15, -0.1) is 33.1 Å². The van der Waals surface area contributed by atoms with Crippen LogP contribution < -0.4 is 0 Å². The molecule has 0 bridgehead atoms. The molecule has 0 aliphatic rings. The summed E-state index contributed by atoms with van der Waals surface area (Å²) in [4.78, 5) is 0. The second-order valence-corrected chi connectivity index (χ2v) is 4.99. The molecule has 1 aromatic rings. The molecule has 0 aromatic carbocycles. The maximum absolute atomic E-state index is 5.63. The molecule has 1 aromatic heterocycles. The largest absolute Gasteiger partial charge is 0.144 e. The minimum absolute atomic E-state index is 0.558. The average Bonchev–Trinajstić information content (AvgIpc) is 2.63. The van der Waals surface area contributed by atoms with E-state index < -0.39 is 0 Å². The van der Waals surface area contributed by atoms with Gasteiger partial charge in [-0.25, -0.2) is 0 Å². The first kappa shape index (κ1) is 11.9. The first-order valence-electron chi connectivity index (χ1n) is 5.16. The highest BCUT2D eigenvalue weighted by atomic mass is 35.5. The highest BCUT2D eigenvalue weighted by molar-refractivity contribution is 7.11. The summed E-state index contributed by atoms with van der Waals surface area (Å²) in [7, 11) is 0. The average molecular weight is 233 g/mol. The maximum atomic E-state index is 5.63. The fraction of sp³-hybridized carbons (Fsp3) is 0.800. The second-order valence-electron chi connectivity index (χ2n) is 3.52. The highest BCUT2D eigenvalue weighted by Crippen LogP contribution is 2.24. The van der Waals surface area contributed by atoms with E-state index in [1.807, 2.05) is 0 Å². The van der Waals surface area contributed by atoms with Crippen LogP contribution in [0.5, 0.6) is 0 Å². The van der Waals surface area contributed by atoms with Gasteiger partial charge in [0, 0.05) is 18.2 Å². The molecule has 0 aliphatic carbocycles.